The maximum atomic E-state index is 11.1. The van der Waals surface area contributed by atoms with Crippen LogP contribution in [0.5, 0.6) is 11.5 Å². The lowest BCUT2D eigenvalue weighted by Crippen LogP contribution is -2.18. The number of imidazole rings is 1. The van der Waals surface area contributed by atoms with Crippen molar-refractivity contribution >= 4 is 28.8 Å². The molecule has 6 nitrogen and oxygen atoms in total. The number of aliphatic carboxylic acids is 1. The molecule has 0 fully saturated rings. The standard InChI is InChI=1S/C19H20N2O4S/c1-21-16-10-13(22)5-8-15(16)20-18(21)11-25-14-6-3-12(4-7-14)9-17(26-2)19(23)24/h3-8,10,17,22H,9,11H2,1-2H3,(H,23,24). The van der Waals surface area contributed by atoms with E-state index in [0.29, 0.717) is 18.8 Å². The molecule has 0 aliphatic heterocycles. The van der Waals surface area contributed by atoms with Crippen molar-refractivity contribution < 1.29 is 19.7 Å². The lowest BCUT2D eigenvalue weighted by atomic mass is 10.1. The predicted octanol–water partition coefficient (Wildman–Crippen LogP) is 3.22. The third kappa shape index (κ3) is 3.94. The number of hydrogen-bond donors (Lipinski definition) is 2. The number of carboxylic acids is 1. The van der Waals surface area contributed by atoms with Crippen LogP contribution in [0.25, 0.3) is 11.0 Å². The van der Waals surface area contributed by atoms with Gasteiger partial charge >= 0.3 is 5.97 Å². The summed E-state index contributed by atoms with van der Waals surface area (Å²) >= 11 is 1.33. The number of hydrogen-bond acceptors (Lipinski definition) is 5. The third-order valence-electron chi connectivity index (χ3n) is 4.23. The van der Waals surface area contributed by atoms with E-state index in [0.717, 1.165) is 22.4 Å². The van der Waals surface area contributed by atoms with Gasteiger partial charge in [-0.1, -0.05) is 12.1 Å². The molecule has 0 radical (unpaired) electrons. The Morgan fingerprint density at radius 3 is 2.65 bits per heavy atom. The minimum Gasteiger partial charge on any atom is -0.508 e. The number of ether oxygens (including phenoxy) is 1. The topological polar surface area (TPSA) is 84.6 Å². The predicted molar refractivity (Wildman–Crippen MR) is 102 cm³/mol. The Hall–Kier alpha value is -2.67. The molecule has 7 heteroatoms. The molecule has 0 saturated carbocycles. The highest BCUT2D eigenvalue weighted by molar-refractivity contribution is 7.99. The van der Waals surface area contributed by atoms with E-state index in [1.807, 2.05) is 35.9 Å². The van der Waals surface area contributed by atoms with Gasteiger partial charge in [-0.3, -0.25) is 4.79 Å². The van der Waals surface area contributed by atoms with E-state index in [4.69, 9.17) is 9.84 Å². The van der Waals surface area contributed by atoms with Gasteiger partial charge < -0.3 is 19.5 Å². The van der Waals surface area contributed by atoms with Crippen molar-refractivity contribution in [2.45, 2.75) is 18.3 Å². The number of aromatic nitrogens is 2. The van der Waals surface area contributed by atoms with Crippen LogP contribution in [0.15, 0.2) is 42.5 Å². The Morgan fingerprint density at radius 1 is 1.27 bits per heavy atom. The highest BCUT2D eigenvalue weighted by Crippen LogP contribution is 2.22. The van der Waals surface area contributed by atoms with Crippen LogP contribution in [0.1, 0.15) is 11.4 Å². The molecule has 2 aromatic carbocycles. The largest absolute Gasteiger partial charge is 0.508 e. The van der Waals surface area contributed by atoms with Gasteiger partial charge in [-0.15, -0.1) is 11.8 Å². The fraction of sp³-hybridized carbons (Fsp3) is 0.263. The van der Waals surface area contributed by atoms with Gasteiger partial charge in [0.25, 0.3) is 0 Å². The zero-order valence-electron chi connectivity index (χ0n) is 14.5. The van der Waals surface area contributed by atoms with Gasteiger partial charge in [0.2, 0.25) is 0 Å². The van der Waals surface area contributed by atoms with Crippen LogP contribution in [-0.2, 0) is 24.9 Å². The van der Waals surface area contributed by atoms with Crippen molar-refractivity contribution in [3.63, 3.8) is 0 Å². The number of aryl methyl sites for hydroxylation is 1. The number of fused-ring (bicyclic) bond motifs is 1. The van der Waals surface area contributed by atoms with Crippen molar-refractivity contribution in [3.05, 3.63) is 53.9 Å². The number of phenols is 1. The summed E-state index contributed by atoms with van der Waals surface area (Å²) in [6.07, 6.45) is 2.28. The van der Waals surface area contributed by atoms with Crippen LogP contribution < -0.4 is 4.74 Å². The van der Waals surface area contributed by atoms with E-state index in [1.54, 1.807) is 24.5 Å². The Bertz CT molecular complexity index is 921. The molecule has 0 spiro atoms. The van der Waals surface area contributed by atoms with E-state index in [9.17, 15) is 9.90 Å². The molecule has 0 aliphatic carbocycles. The highest BCUT2D eigenvalue weighted by Gasteiger charge is 2.16. The van der Waals surface area contributed by atoms with E-state index in [1.165, 1.54) is 11.8 Å². The van der Waals surface area contributed by atoms with E-state index in [-0.39, 0.29) is 5.75 Å². The second-order valence-electron chi connectivity index (χ2n) is 5.96. The van der Waals surface area contributed by atoms with Gasteiger partial charge in [-0.05, 0) is 42.5 Å². The summed E-state index contributed by atoms with van der Waals surface area (Å²) in [5.41, 5.74) is 2.60. The fourth-order valence-corrected chi connectivity index (χ4v) is 3.27. The first-order valence-corrected chi connectivity index (χ1v) is 9.38. The zero-order chi connectivity index (χ0) is 18.7. The highest BCUT2D eigenvalue weighted by atomic mass is 32.2. The van der Waals surface area contributed by atoms with Crippen molar-refractivity contribution in [1.29, 1.82) is 0 Å². The molecule has 1 atom stereocenters. The molecule has 3 aromatic rings. The molecule has 1 heterocycles. The van der Waals surface area contributed by atoms with Crippen LogP contribution in [-0.4, -0.2) is 37.2 Å². The first kappa shape index (κ1) is 18.1. The zero-order valence-corrected chi connectivity index (χ0v) is 15.4. The number of rotatable bonds is 7. The maximum Gasteiger partial charge on any atom is 0.316 e. The summed E-state index contributed by atoms with van der Waals surface area (Å²) in [7, 11) is 1.88. The number of benzene rings is 2. The Kier molecular flexibility index (Phi) is 5.37. The summed E-state index contributed by atoms with van der Waals surface area (Å²) in [6.45, 7) is 0.299. The smallest absolute Gasteiger partial charge is 0.316 e. The number of nitrogens with zero attached hydrogens (tertiary/aromatic N) is 2. The van der Waals surface area contributed by atoms with Gasteiger partial charge in [-0.25, -0.2) is 4.98 Å². The van der Waals surface area contributed by atoms with Gasteiger partial charge in [0.15, 0.2) is 0 Å². The molecule has 0 bridgehead atoms. The van der Waals surface area contributed by atoms with Crippen molar-refractivity contribution in [2.24, 2.45) is 7.05 Å². The van der Waals surface area contributed by atoms with E-state index in [2.05, 4.69) is 4.98 Å². The first-order chi connectivity index (χ1) is 12.5. The van der Waals surface area contributed by atoms with Gasteiger partial charge in [-0.2, -0.15) is 0 Å². The maximum absolute atomic E-state index is 11.1. The van der Waals surface area contributed by atoms with Crippen molar-refractivity contribution in [2.75, 3.05) is 6.26 Å². The second-order valence-corrected chi connectivity index (χ2v) is 7.00. The molecular weight excluding hydrogens is 352 g/mol. The van der Waals surface area contributed by atoms with Gasteiger partial charge in [0.1, 0.15) is 29.2 Å². The minimum absolute atomic E-state index is 0.202. The molecule has 0 aliphatic rings. The normalized spacial score (nSPS) is 12.2. The summed E-state index contributed by atoms with van der Waals surface area (Å²) in [4.78, 5) is 15.6. The van der Waals surface area contributed by atoms with E-state index >= 15 is 0 Å². The molecule has 2 N–H and O–H groups in total. The Balaban J connectivity index is 1.67. The molecule has 0 saturated heterocycles. The molecular formula is C19H20N2O4S. The summed E-state index contributed by atoms with van der Waals surface area (Å²) in [5, 5.41) is 18.3. The molecule has 3 rings (SSSR count). The average Bonchev–Trinajstić information content (AvgIpc) is 2.94. The molecule has 136 valence electrons. The van der Waals surface area contributed by atoms with Gasteiger partial charge in [0, 0.05) is 13.1 Å². The van der Waals surface area contributed by atoms with Crippen molar-refractivity contribution in [3.8, 4) is 11.5 Å². The Labute approximate surface area is 155 Å². The van der Waals surface area contributed by atoms with Crippen LogP contribution in [0.3, 0.4) is 0 Å². The van der Waals surface area contributed by atoms with Crippen molar-refractivity contribution in [1.82, 2.24) is 9.55 Å². The number of carbonyl (C=O) groups is 1. The van der Waals surface area contributed by atoms with Gasteiger partial charge in [0.05, 0.1) is 11.0 Å². The third-order valence-corrected chi connectivity index (χ3v) is 5.17. The number of carboxylic acid groups (broad SMARTS) is 1. The SMILES string of the molecule is CSC(Cc1ccc(OCc2nc3ccc(O)cc3n2C)cc1)C(=O)O. The van der Waals surface area contributed by atoms with Crippen LogP contribution in [0.4, 0.5) is 0 Å². The fourth-order valence-electron chi connectivity index (χ4n) is 2.71. The van der Waals surface area contributed by atoms with Crippen LogP contribution >= 0.6 is 11.8 Å². The number of thioether (sulfide) groups is 1. The molecule has 1 aromatic heterocycles. The van der Waals surface area contributed by atoms with E-state index < -0.39 is 11.2 Å². The lowest BCUT2D eigenvalue weighted by Gasteiger charge is -2.10. The van der Waals surface area contributed by atoms with Crippen LogP contribution in [0, 0.1) is 0 Å². The van der Waals surface area contributed by atoms with Crippen LogP contribution in [0.2, 0.25) is 0 Å². The lowest BCUT2D eigenvalue weighted by molar-refractivity contribution is -0.136. The monoisotopic (exact) mass is 372 g/mol. The number of phenolic OH excluding ortho intramolecular Hbond substituents is 1. The summed E-state index contributed by atoms with van der Waals surface area (Å²) < 4.78 is 7.69. The second kappa shape index (κ2) is 7.70. The minimum atomic E-state index is -0.800. The average molecular weight is 372 g/mol. The molecule has 1 unspecified atom stereocenters. The summed E-state index contributed by atoms with van der Waals surface area (Å²) in [6, 6.07) is 12.5. The first-order valence-electron chi connectivity index (χ1n) is 8.09. The molecule has 0 amide bonds. The number of aromatic hydroxyl groups is 1. The quantitative estimate of drug-likeness (QED) is 0.662. The summed E-state index contributed by atoms with van der Waals surface area (Å²) in [5.74, 6) is 0.849. The Morgan fingerprint density at radius 2 is 2.00 bits per heavy atom. The molecule has 26 heavy (non-hydrogen) atoms.